The van der Waals surface area contributed by atoms with Gasteiger partial charge >= 0.3 is 12.1 Å². The highest BCUT2D eigenvalue weighted by Crippen LogP contribution is 2.32. The molecule has 1 unspecified atom stereocenters. The van der Waals surface area contributed by atoms with Gasteiger partial charge in [0.2, 0.25) is 0 Å². The molecule has 0 aliphatic rings. The SMILES string of the molecule is C=CC(=O)OC(C)CCCOC(=O)Oc1cccc2c(=O)c3ccccc3sc12. The Hall–Kier alpha value is -3.19. The lowest BCUT2D eigenvalue weighted by Gasteiger charge is -2.12. The molecule has 0 saturated heterocycles. The summed E-state index contributed by atoms with van der Waals surface area (Å²) >= 11 is 1.38. The number of hydrogen-bond donors (Lipinski definition) is 0. The van der Waals surface area contributed by atoms with E-state index in [9.17, 15) is 14.4 Å². The maximum Gasteiger partial charge on any atom is 0.513 e. The third kappa shape index (κ3) is 5.00. The molecule has 2 aromatic carbocycles. The van der Waals surface area contributed by atoms with E-state index < -0.39 is 12.1 Å². The molecule has 3 aromatic rings. The van der Waals surface area contributed by atoms with Crippen LogP contribution in [0.25, 0.3) is 20.2 Å². The van der Waals surface area contributed by atoms with Crippen LogP contribution in [-0.4, -0.2) is 24.8 Å². The number of benzene rings is 2. The van der Waals surface area contributed by atoms with E-state index in [1.165, 1.54) is 11.3 Å². The Morgan fingerprint density at radius 1 is 1.14 bits per heavy atom. The number of esters is 1. The third-order valence-electron chi connectivity index (χ3n) is 4.22. The topological polar surface area (TPSA) is 78.9 Å². The molecule has 6 nitrogen and oxygen atoms in total. The second-order valence-corrected chi connectivity index (χ2v) is 7.41. The molecule has 1 aromatic heterocycles. The monoisotopic (exact) mass is 412 g/mol. The maximum atomic E-state index is 12.7. The number of fused-ring (bicyclic) bond motifs is 2. The first-order valence-electron chi connectivity index (χ1n) is 9.12. The highest BCUT2D eigenvalue weighted by molar-refractivity contribution is 7.24. The van der Waals surface area contributed by atoms with E-state index in [0.717, 1.165) is 10.8 Å². The Kier molecular flexibility index (Phi) is 6.61. The number of rotatable bonds is 7. The second kappa shape index (κ2) is 9.34. The summed E-state index contributed by atoms with van der Waals surface area (Å²) in [6.07, 6.45) is 0.999. The van der Waals surface area contributed by atoms with Gasteiger partial charge in [0.25, 0.3) is 0 Å². The van der Waals surface area contributed by atoms with Crippen molar-refractivity contribution in [2.75, 3.05) is 6.61 Å². The third-order valence-corrected chi connectivity index (χ3v) is 5.42. The molecule has 0 fully saturated rings. The lowest BCUT2D eigenvalue weighted by molar-refractivity contribution is -0.142. The van der Waals surface area contributed by atoms with Crippen LogP contribution in [0.15, 0.2) is 59.9 Å². The van der Waals surface area contributed by atoms with E-state index in [4.69, 9.17) is 14.2 Å². The molecule has 150 valence electrons. The van der Waals surface area contributed by atoms with Crippen molar-refractivity contribution in [2.24, 2.45) is 0 Å². The first kappa shape index (κ1) is 20.5. The summed E-state index contributed by atoms with van der Waals surface area (Å²) in [7, 11) is 0. The quantitative estimate of drug-likeness (QED) is 0.182. The minimum absolute atomic E-state index is 0.101. The van der Waals surface area contributed by atoms with Crippen molar-refractivity contribution in [3.05, 3.63) is 65.3 Å². The zero-order valence-corrected chi connectivity index (χ0v) is 16.7. The van der Waals surface area contributed by atoms with Crippen LogP contribution in [0.5, 0.6) is 5.75 Å². The zero-order valence-electron chi connectivity index (χ0n) is 15.9. The summed E-state index contributed by atoms with van der Waals surface area (Å²) in [6, 6.07) is 12.3. The van der Waals surface area contributed by atoms with Gasteiger partial charge in [-0.05, 0) is 44.0 Å². The van der Waals surface area contributed by atoms with Crippen LogP contribution in [0.1, 0.15) is 19.8 Å². The lowest BCUT2D eigenvalue weighted by atomic mass is 10.2. The first-order valence-corrected chi connectivity index (χ1v) is 9.93. The Labute approximate surface area is 171 Å². The molecular formula is C22H20O6S. The van der Waals surface area contributed by atoms with Gasteiger partial charge in [-0.25, -0.2) is 9.59 Å². The zero-order chi connectivity index (χ0) is 20.8. The number of carbonyl (C=O) groups excluding carboxylic acids is 2. The van der Waals surface area contributed by atoms with Crippen molar-refractivity contribution in [3.63, 3.8) is 0 Å². The van der Waals surface area contributed by atoms with Gasteiger partial charge in [0.1, 0.15) is 0 Å². The van der Waals surface area contributed by atoms with Gasteiger partial charge in [-0.1, -0.05) is 24.8 Å². The molecule has 1 atom stereocenters. The molecule has 0 amide bonds. The van der Waals surface area contributed by atoms with Crippen LogP contribution in [0.3, 0.4) is 0 Å². The average Bonchev–Trinajstić information content (AvgIpc) is 2.72. The summed E-state index contributed by atoms with van der Waals surface area (Å²) in [6.45, 7) is 5.21. The van der Waals surface area contributed by atoms with Crippen molar-refractivity contribution < 1.29 is 23.8 Å². The molecular weight excluding hydrogens is 392 g/mol. The van der Waals surface area contributed by atoms with Gasteiger partial charge in [-0.3, -0.25) is 4.79 Å². The van der Waals surface area contributed by atoms with Crippen molar-refractivity contribution >= 4 is 43.6 Å². The molecule has 0 radical (unpaired) electrons. The molecule has 7 heteroatoms. The second-order valence-electron chi connectivity index (χ2n) is 6.35. The van der Waals surface area contributed by atoms with Crippen LogP contribution in [-0.2, 0) is 14.3 Å². The Balaban J connectivity index is 1.64. The summed E-state index contributed by atoms with van der Waals surface area (Å²) in [4.78, 5) is 35.9. The predicted octanol–water partition coefficient (Wildman–Crippen LogP) is 4.83. The minimum atomic E-state index is -0.846. The van der Waals surface area contributed by atoms with E-state index in [1.54, 1.807) is 31.2 Å². The van der Waals surface area contributed by atoms with Crippen LogP contribution >= 0.6 is 11.3 Å². The normalized spacial score (nSPS) is 11.8. The molecule has 0 aliphatic carbocycles. The molecule has 1 heterocycles. The van der Waals surface area contributed by atoms with Crippen molar-refractivity contribution in [3.8, 4) is 5.75 Å². The van der Waals surface area contributed by atoms with Gasteiger partial charge in [0.05, 0.1) is 17.4 Å². The first-order chi connectivity index (χ1) is 14.0. The van der Waals surface area contributed by atoms with Crippen molar-refractivity contribution in [1.82, 2.24) is 0 Å². The molecule has 0 saturated carbocycles. The largest absolute Gasteiger partial charge is 0.513 e. The highest BCUT2D eigenvalue weighted by atomic mass is 32.1. The van der Waals surface area contributed by atoms with Crippen molar-refractivity contribution in [1.29, 1.82) is 0 Å². The van der Waals surface area contributed by atoms with Crippen LogP contribution in [0.2, 0.25) is 0 Å². The molecule has 0 spiro atoms. The standard InChI is InChI=1S/C22H20O6S/c1-3-19(23)27-14(2)8-7-13-26-22(25)28-17-11-6-10-16-20(24)15-9-4-5-12-18(15)29-21(16)17/h3-6,9-12,14H,1,7-8,13H2,2H3. The predicted molar refractivity (Wildman–Crippen MR) is 113 cm³/mol. The smallest absolute Gasteiger partial charge is 0.460 e. The average molecular weight is 412 g/mol. The lowest BCUT2D eigenvalue weighted by Crippen LogP contribution is -2.16. The maximum absolute atomic E-state index is 12.7. The van der Waals surface area contributed by atoms with E-state index in [-0.39, 0.29) is 23.9 Å². The van der Waals surface area contributed by atoms with E-state index in [2.05, 4.69) is 6.58 Å². The minimum Gasteiger partial charge on any atom is -0.460 e. The summed E-state index contributed by atoms with van der Waals surface area (Å²) in [5.74, 6) is -0.200. The summed E-state index contributed by atoms with van der Waals surface area (Å²) in [5, 5.41) is 1.13. The van der Waals surface area contributed by atoms with Crippen LogP contribution in [0, 0.1) is 0 Å². The Morgan fingerprint density at radius 2 is 1.90 bits per heavy atom. The number of carbonyl (C=O) groups is 2. The van der Waals surface area contributed by atoms with E-state index >= 15 is 0 Å². The number of ether oxygens (including phenoxy) is 3. The van der Waals surface area contributed by atoms with Crippen molar-refractivity contribution in [2.45, 2.75) is 25.9 Å². The fourth-order valence-corrected chi connectivity index (χ4v) is 3.95. The molecule has 0 bridgehead atoms. The Bertz CT molecular complexity index is 1120. The molecule has 0 aliphatic heterocycles. The van der Waals surface area contributed by atoms with Crippen LogP contribution in [0.4, 0.5) is 4.79 Å². The Morgan fingerprint density at radius 3 is 2.69 bits per heavy atom. The summed E-state index contributed by atoms with van der Waals surface area (Å²) in [5.41, 5.74) is -0.101. The van der Waals surface area contributed by atoms with E-state index in [1.807, 2.05) is 18.2 Å². The highest BCUT2D eigenvalue weighted by Gasteiger charge is 2.14. The summed E-state index contributed by atoms with van der Waals surface area (Å²) < 4.78 is 16.9. The van der Waals surface area contributed by atoms with Gasteiger partial charge in [-0.2, -0.15) is 0 Å². The number of hydrogen-bond acceptors (Lipinski definition) is 7. The van der Waals surface area contributed by atoms with Crippen LogP contribution < -0.4 is 10.2 Å². The molecule has 29 heavy (non-hydrogen) atoms. The van der Waals surface area contributed by atoms with E-state index in [0.29, 0.717) is 28.3 Å². The van der Waals surface area contributed by atoms with Gasteiger partial charge in [-0.15, -0.1) is 11.3 Å². The van der Waals surface area contributed by atoms with Gasteiger partial charge in [0, 0.05) is 21.5 Å². The molecule has 3 rings (SSSR count). The fourth-order valence-electron chi connectivity index (χ4n) is 2.83. The fraction of sp³-hybridized carbons (Fsp3) is 0.227. The van der Waals surface area contributed by atoms with Gasteiger partial charge < -0.3 is 14.2 Å². The molecule has 0 N–H and O–H groups in total. The van der Waals surface area contributed by atoms with Gasteiger partial charge in [0.15, 0.2) is 11.2 Å².